The van der Waals surface area contributed by atoms with Crippen LogP contribution in [-0.2, 0) is 11.2 Å². The maximum absolute atomic E-state index is 11.9. The van der Waals surface area contributed by atoms with Crippen molar-refractivity contribution < 1.29 is 9.21 Å². The molecule has 1 N–H and O–H groups in total. The Hall–Kier alpha value is -2.25. The Morgan fingerprint density at radius 3 is 2.24 bits per heavy atom. The standard InChI is InChI=1S/C18H17N3O2S2/c22-16(13-25-15-9-5-2-6-10-15)19-18-21-20-17(23-18)11-12-24-14-7-3-1-4-8-14/h1-10H,11-13H2,(H,19,21,22). The molecule has 5 nitrogen and oxygen atoms in total. The average molecular weight is 371 g/mol. The molecule has 7 heteroatoms. The van der Waals surface area contributed by atoms with Crippen molar-refractivity contribution in [1.29, 1.82) is 0 Å². The fourth-order valence-corrected chi connectivity index (χ4v) is 3.58. The highest BCUT2D eigenvalue weighted by Crippen LogP contribution is 2.19. The number of rotatable bonds is 8. The summed E-state index contributed by atoms with van der Waals surface area (Å²) >= 11 is 3.19. The second-order valence-electron chi connectivity index (χ2n) is 5.06. The number of anilines is 1. The number of aryl methyl sites for hydroxylation is 1. The number of benzene rings is 2. The third-order valence-electron chi connectivity index (χ3n) is 3.15. The number of nitrogens with zero attached hydrogens (tertiary/aromatic N) is 2. The number of hydrogen-bond donors (Lipinski definition) is 1. The Morgan fingerprint density at radius 2 is 1.56 bits per heavy atom. The zero-order valence-electron chi connectivity index (χ0n) is 13.4. The summed E-state index contributed by atoms with van der Waals surface area (Å²) in [5.74, 6) is 1.49. The predicted octanol–water partition coefficient (Wildman–Crippen LogP) is 4.14. The van der Waals surface area contributed by atoms with Crippen LogP contribution in [0.5, 0.6) is 0 Å². The van der Waals surface area contributed by atoms with Crippen LogP contribution in [0.1, 0.15) is 5.89 Å². The molecule has 0 radical (unpaired) electrons. The minimum absolute atomic E-state index is 0.151. The van der Waals surface area contributed by atoms with Crippen LogP contribution in [0.3, 0.4) is 0 Å². The molecule has 1 aromatic heterocycles. The molecule has 3 aromatic rings. The fourth-order valence-electron chi connectivity index (χ4n) is 2.00. The van der Waals surface area contributed by atoms with Crippen LogP contribution in [-0.4, -0.2) is 27.6 Å². The van der Waals surface area contributed by atoms with Gasteiger partial charge in [-0.15, -0.1) is 28.6 Å². The highest BCUT2D eigenvalue weighted by Gasteiger charge is 2.10. The van der Waals surface area contributed by atoms with Gasteiger partial charge in [0, 0.05) is 22.0 Å². The van der Waals surface area contributed by atoms with Crippen LogP contribution in [0.4, 0.5) is 6.01 Å². The summed E-state index contributed by atoms with van der Waals surface area (Å²) in [6.07, 6.45) is 0.654. The van der Waals surface area contributed by atoms with E-state index in [0.29, 0.717) is 18.1 Å². The van der Waals surface area contributed by atoms with Crippen LogP contribution >= 0.6 is 23.5 Å². The van der Waals surface area contributed by atoms with Crippen molar-refractivity contribution in [2.45, 2.75) is 16.2 Å². The molecule has 128 valence electrons. The van der Waals surface area contributed by atoms with Crippen molar-refractivity contribution in [2.24, 2.45) is 0 Å². The zero-order valence-corrected chi connectivity index (χ0v) is 15.1. The van der Waals surface area contributed by atoms with Gasteiger partial charge in [0.2, 0.25) is 11.8 Å². The molecule has 0 atom stereocenters. The zero-order chi connectivity index (χ0) is 17.3. The summed E-state index contributed by atoms with van der Waals surface area (Å²) in [4.78, 5) is 14.2. The molecule has 0 saturated carbocycles. The molecule has 1 amide bonds. The van der Waals surface area contributed by atoms with E-state index in [2.05, 4.69) is 27.6 Å². The maximum atomic E-state index is 11.9. The first kappa shape index (κ1) is 17.6. The first-order valence-corrected chi connectivity index (χ1v) is 9.74. The van der Waals surface area contributed by atoms with Crippen molar-refractivity contribution in [3.05, 3.63) is 66.6 Å². The van der Waals surface area contributed by atoms with Gasteiger partial charge in [-0.3, -0.25) is 10.1 Å². The quantitative estimate of drug-likeness (QED) is 0.600. The highest BCUT2D eigenvalue weighted by molar-refractivity contribution is 8.00. The molecule has 0 spiro atoms. The van der Waals surface area contributed by atoms with Gasteiger partial charge >= 0.3 is 6.01 Å². The minimum atomic E-state index is -0.164. The third-order valence-corrected chi connectivity index (χ3v) is 5.18. The second-order valence-corrected chi connectivity index (χ2v) is 7.28. The Kier molecular flexibility index (Phi) is 6.53. The maximum Gasteiger partial charge on any atom is 0.322 e. The molecule has 0 bridgehead atoms. The Balaban J connectivity index is 1.41. The van der Waals surface area contributed by atoms with Gasteiger partial charge in [-0.25, -0.2) is 0 Å². The van der Waals surface area contributed by atoms with Crippen LogP contribution in [0, 0.1) is 0 Å². The summed E-state index contributed by atoms with van der Waals surface area (Å²) in [5.41, 5.74) is 0. The van der Waals surface area contributed by atoms with E-state index in [4.69, 9.17) is 4.42 Å². The number of aromatic nitrogens is 2. The first-order valence-electron chi connectivity index (χ1n) is 7.77. The largest absolute Gasteiger partial charge is 0.408 e. The highest BCUT2D eigenvalue weighted by atomic mass is 32.2. The van der Waals surface area contributed by atoms with Gasteiger partial charge < -0.3 is 4.42 Å². The lowest BCUT2D eigenvalue weighted by molar-refractivity contribution is -0.113. The van der Waals surface area contributed by atoms with E-state index in [1.165, 1.54) is 16.7 Å². The Bertz CT molecular complexity index is 794. The smallest absolute Gasteiger partial charge is 0.322 e. The van der Waals surface area contributed by atoms with Crippen molar-refractivity contribution >= 4 is 35.4 Å². The number of amides is 1. The molecular weight excluding hydrogens is 354 g/mol. The lowest BCUT2D eigenvalue weighted by Gasteiger charge is -2.01. The second kappa shape index (κ2) is 9.29. The van der Waals surface area contributed by atoms with E-state index in [9.17, 15) is 4.79 Å². The fraction of sp³-hybridized carbons (Fsp3) is 0.167. The molecule has 3 rings (SSSR count). The number of nitrogens with one attached hydrogen (secondary N) is 1. The number of carbonyl (C=O) groups excluding carboxylic acids is 1. The third kappa shape index (κ3) is 5.95. The molecule has 0 unspecified atom stereocenters. The van der Waals surface area contributed by atoms with Gasteiger partial charge in [0.1, 0.15) is 0 Å². The molecule has 0 aliphatic rings. The molecular formula is C18H17N3O2S2. The SMILES string of the molecule is O=C(CSc1ccccc1)Nc1nnc(CCSc2ccccc2)o1. The van der Waals surface area contributed by atoms with Crippen LogP contribution in [0.25, 0.3) is 0 Å². The van der Waals surface area contributed by atoms with E-state index < -0.39 is 0 Å². The predicted molar refractivity (Wildman–Crippen MR) is 101 cm³/mol. The molecule has 1 heterocycles. The summed E-state index contributed by atoms with van der Waals surface area (Å²) in [7, 11) is 0. The summed E-state index contributed by atoms with van der Waals surface area (Å²) < 4.78 is 5.47. The molecule has 25 heavy (non-hydrogen) atoms. The van der Waals surface area contributed by atoms with Crippen LogP contribution in [0.2, 0.25) is 0 Å². The Morgan fingerprint density at radius 1 is 0.920 bits per heavy atom. The van der Waals surface area contributed by atoms with E-state index in [-0.39, 0.29) is 11.9 Å². The van der Waals surface area contributed by atoms with Gasteiger partial charge in [-0.1, -0.05) is 41.5 Å². The lowest BCUT2D eigenvalue weighted by atomic mass is 10.4. The number of hydrogen-bond acceptors (Lipinski definition) is 6. The van der Waals surface area contributed by atoms with Crippen molar-refractivity contribution in [1.82, 2.24) is 10.2 Å². The van der Waals surface area contributed by atoms with Gasteiger partial charge in [-0.2, -0.15) is 0 Å². The number of carbonyl (C=O) groups is 1. The molecule has 2 aromatic carbocycles. The molecule has 0 fully saturated rings. The lowest BCUT2D eigenvalue weighted by Crippen LogP contribution is -2.14. The van der Waals surface area contributed by atoms with E-state index in [1.54, 1.807) is 11.8 Å². The van der Waals surface area contributed by atoms with Crippen LogP contribution in [0.15, 0.2) is 74.9 Å². The van der Waals surface area contributed by atoms with E-state index >= 15 is 0 Å². The number of thioether (sulfide) groups is 2. The van der Waals surface area contributed by atoms with Gasteiger partial charge in [-0.05, 0) is 24.3 Å². The van der Waals surface area contributed by atoms with Gasteiger partial charge in [0.05, 0.1) is 5.75 Å². The topological polar surface area (TPSA) is 68.0 Å². The minimum Gasteiger partial charge on any atom is -0.408 e. The first-order chi connectivity index (χ1) is 12.3. The van der Waals surface area contributed by atoms with Crippen LogP contribution < -0.4 is 5.32 Å². The van der Waals surface area contributed by atoms with Gasteiger partial charge in [0.15, 0.2) is 0 Å². The average Bonchev–Trinajstić information content (AvgIpc) is 3.09. The van der Waals surface area contributed by atoms with Crippen molar-refractivity contribution in [3.8, 4) is 0 Å². The summed E-state index contributed by atoms with van der Waals surface area (Å²) in [6.45, 7) is 0. The van der Waals surface area contributed by atoms with E-state index in [0.717, 1.165) is 10.6 Å². The monoisotopic (exact) mass is 371 g/mol. The van der Waals surface area contributed by atoms with Crippen molar-refractivity contribution in [3.63, 3.8) is 0 Å². The van der Waals surface area contributed by atoms with E-state index in [1.807, 2.05) is 48.5 Å². The molecule has 0 aliphatic heterocycles. The van der Waals surface area contributed by atoms with Crippen molar-refractivity contribution in [2.75, 3.05) is 16.8 Å². The summed E-state index contributed by atoms with van der Waals surface area (Å²) in [6, 6.07) is 20.1. The normalized spacial score (nSPS) is 10.6. The molecule has 0 saturated heterocycles. The summed E-state index contributed by atoms with van der Waals surface area (Å²) in [5, 5.41) is 10.5. The Labute approximate surface area is 154 Å². The molecule has 0 aliphatic carbocycles. The van der Waals surface area contributed by atoms with Gasteiger partial charge in [0.25, 0.3) is 0 Å².